The van der Waals surface area contributed by atoms with Crippen LogP contribution in [0.25, 0.3) is 0 Å². The molecular formula is C9H12NO3S. The predicted octanol–water partition coefficient (Wildman–Crippen LogP) is 1.06. The Morgan fingerprint density at radius 3 is 2.71 bits per heavy atom. The lowest BCUT2D eigenvalue weighted by atomic mass is 10.2. The van der Waals surface area contributed by atoms with Crippen molar-refractivity contribution in [3.05, 3.63) is 29.8 Å². The molecule has 0 aliphatic rings. The van der Waals surface area contributed by atoms with Gasteiger partial charge in [-0.2, -0.15) is 8.42 Å². The van der Waals surface area contributed by atoms with E-state index in [1.807, 2.05) is 6.92 Å². The first-order valence-electron chi connectivity index (χ1n) is 4.23. The summed E-state index contributed by atoms with van der Waals surface area (Å²) in [7, 11) is -4.09. The van der Waals surface area contributed by atoms with Crippen LogP contribution in [0.4, 0.5) is 0 Å². The van der Waals surface area contributed by atoms with Crippen molar-refractivity contribution in [2.75, 3.05) is 6.54 Å². The molecule has 0 spiro atoms. The first kappa shape index (κ1) is 11.2. The zero-order chi connectivity index (χ0) is 10.6. The fourth-order valence-electron chi connectivity index (χ4n) is 1.05. The molecule has 1 aromatic carbocycles. The van der Waals surface area contributed by atoms with Gasteiger partial charge in [0.25, 0.3) is 10.1 Å². The van der Waals surface area contributed by atoms with Crippen molar-refractivity contribution in [2.45, 2.75) is 18.4 Å². The van der Waals surface area contributed by atoms with Crippen LogP contribution in [0, 0.1) is 0 Å². The van der Waals surface area contributed by atoms with Gasteiger partial charge in [-0.05, 0) is 17.7 Å². The summed E-state index contributed by atoms with van der Waals surface area (Å²) in [6.45, 7) is 3.07. The molecule has 0 aliphatic carbocycles. The van der Waals surface area contributed by atoms with Crippen LogP contribution < -0.4 is 5.32 Å². The van der Waals surface area contributed by atoms with E-state index in [0.717, 1.165) is 5.56 Å². The van der Waals surface area contributed by atoms with E-state index in [4.69, 9.17) is 4.55 Å². The topological polar surface area (TPSA) is 68.5 Å². The van der Waals surface area contributed by atoms with E-state index in [0.29, 0.717) is 13.1 Å². The third-order valence-corrected chi connectivity index (χ3v) is 2.56. The van der Waals surface area contributed by atoms with Gasteiger partial charge in [-0.15, -0.1) is 0 Å². The summed E-state index contributed by atoms with van der Waals surface area (Å²) in [6, 6.07) is 6.14. The summed E-state index contributed by atoms with van der Waals surface area (Å²) in [5.41, 5.74) is 0.780. The highest BCUT2D eigenvalue weighted by Crippen LogP contribution is 2.10. The second-order valence-electron chi connectivity index (χ2n) is 2.82. The molecule has 77 valence electrons. The van der Waals surface area contributed by atoms with E-state index in [2.05, 4.69) is 5.32 Å². The Labute approximate surface area is 83.7 Å². The van der Waals surface area contributed by atoms with Crippen molar-refractivity contribution in [1.82, 2.24) is 5.32 Å². The summed E-state index contributed by atoms with van der Waals surface area (Å²) >= 11 is 0. The zero-order valence-corrected chi connectivity index (χ0v) is 8.66. The van der Waals surface area contributed by atoms with Gasteiger partial charge in [0.15, 0.2) is 0 Å². The van der Waals surface area contributed by atoms with Crippen LogP contribution >= 0.6 is 0 Å². The second kappa shape index (κ2) is 4.54. The molecule has 0 bridgehead atoms. The van der Waals surface area contributed by atoms with E-state index in [9.17, 15) is 8.42 Å². The monoisotopic (exact) mass is 214 g/mol. The van der Waals surface area contributed by atoms with Gasteiger partial charge in [0, 0.05) is 13.1 Å². The predicted molar refractivity (Wildman–Crippen MR) is 52.6 cm³/mol. The molecule has 1 aromatic rings. The Morgan fingerprint density at radius 2 is 2.14 bits per heavy atom. The van der Waals surface area contributed by atoms with Crippen molar-refractivity contribution >= 4 is 10.1 Å². The largest absolute Gasteiger partial charge is 0.294 e. The summed E-state index contributed by atoms with van der Waals surface area (Å²) in [5.74, 6) is 0. The third kappa shape index (κ3) is 3.10. The molecule has 0 atom stereocenters. The number of hydrogen-bond donors (Lipinski definition) is 1. The van der Waals surface area contributed by atoms with Gasteiger partial charge in [-0.25, -0.2) is 5.32 Å². The van der Waals surface area contributed by atoms with E-state index in [-0.39, 0.29) is 4.90 Å². The van der Waals surface area contributed by atoms with Crippen LogP contribution in [-0.4, -0.2) is 19.5 Å². The van der Waals surface area contributed by atoms with Crippen LogP contribution in [0.1, 0.15) is 12.5 Å². The van der Waals surface area contributed by atoms with Gasteiger partial charge in [0.2, 0.25) is 0 Å². The number of rotatable bonds is 4. The van der Waals surface area contributed by atoms with E-state index < -0.39 is 10.1 Å². The Bertz CT molecular complexity index is 400. The molecule has 0 heterocycles. The first-order valence-corrected chi connectivity index (χ1v) is 5.67. The third-order valence-electron chi connectivity index (χ3n) is 1.71. The normalized spacial score (nSPS) is 11.6. The summed E-state index contributed by atoms with van der Waals surface area (Å²) in [4.78, 5) is -0.0821. The minimum absolute atomic E-state index is 0.0821. The standard InChI is InChI=1S/C9H12NO3S/c1-2-10-7-8-4-3-5-9(6-8)14(11,12)13/h3-6H,2,7H2,1H3,(H,11,12,13). The van der Waals surface area contributed by atoms with Crippen LogP contribution in [0.5, 0.6) is 0 Å². The number of benzene rings is 1. The van der Waals surface area contributed by atoms with Gasteiger partial charge in [0.05, 0.1) is 4.90 Å². The summed E-state index contributed by atoms with van der Waals surface area (Å²) < 4.78 is 30.3. The molecule has 0 aromatic heterocycles. The Balaban J connectivity index is 2.90. The van der Waals surface area contributed by atoms with Crippen LogP contribution in [0.2, 0.25) is 0 Å². The lowest BCUT2D eigenvalue weighted by Gasteiger charge is -2.02. The molecule has 1 rings (SSSR count). The molecule has 0 amide bonds. The average molecular weight is 214 g/mol. The lowest BCUT2D eigenvalue weighted by molar-refractivity contribution is 0.483. The fourth-order valence-corrected chi connectivity index (χ4v) is 1.60. The zero-order valence-electron chi connectivity index (χ0n) is 7.84. The molecule has 0 aliphatic heterocycles. The Morgan fingerprint density at radius 1 is 1.43 bits per heavy atom. The lowest BCUT2D eigenvalue weighted by Crippen LogP contribution is -2.05. The average Bonchev–Trinajstić information content (AvgIpc) is 2.14. The maximum absolute atomic E-state index is 10.8. The molecular weight excluding hydrogens is 202 g/mol. The Hall–Kier alpha value is -0.910. The van der Waals surface area contributed by atoms with Gasteiger partial charge in [-0.1, -0.05) is 19.1 Å². The van der Waals surface area contributed by atoms with Crippen molar-refractivity contribution < 1.29 is 13.0 Å². The highest BCUT2D eigenvalue weighted by Gasteiger charge is 2.08. The smallest absolute Gasteiger partial charge is 0.282 e. The van der Waals surface area contributed by atoms with Gasteiger partial charge >= 0.3 is 0 Å². The van der Waals surface area contributed by atoms with E-state index in [1.165, 1.54) is 12.1 Å². The second-order valence-corrected chi connectivity index (χ2v) is 4.24. The quantitative estimate of drug-likeness (QED) is 0.762. The molecule has 4 nitrogen and oxygen atoms in total. The Kier molecular flexibility index (Phi) is 3.62. The van der Waals surface area contributed by atoms with Gasteiger partial charge in [0.1, 0.15) is 0 Å². The van der Waals surface area contributed by atoms with Crippen molar-refractivity contribution in [3.8, 4) is 0 Å². The van der Waals surface area contributed by atoms with Crippen molar-refractivity contribution in [2.24, 2.45) is 0 Å². The maximum atomic E-state index is 10.8. The first-order chi connectivity index (χ1) is 6.54. The minimum atomic E-state index is -4.09. The molecule has 0 fully saturated rings. The molecule has 0 saturated heterocycles. The van der Waals surface area contributed by atoms with Gasteiger partial charge < -0.3 is 0 Å². The van der Waals surface area contributed by atoms with Crippen LogP contribution in [-0.2, 0) is 16.7 Å². The maximum Gasteiger partial charge on any atom is 0.294 e. The van der Waals surface area contributed by atoms with Crippen molar-refractivity contribution in [3.63, 3.8) is 0 Å². The van der Waals surface area contributed by atoms with E-state index >= 15 is 0 Å². The number of nitrogens with zero attached hydrogens (tertiary/aromatic N) is 1. The van der Waals surface area contributed by atoms with Crippen molar-refractivity contribution in [1.29, 1.82) is 0 Å². The van der Waals surface area contributed by atoms with Crippen LogP contribution in [0.15, 0.2) is 29.2 Å². The molecule has 0 unspecified atom stereocenters. The SMILES string of the molecule is CC[N]Cc1cccc(S(=O)(=O)O)c1. The molecule has 1 radical (unpaired) electrons. The van der Waals surface area contributed by atoms with E-state index in [1.54, 1.807) is 12.1 Å². The summed E-state index contributed by atoms with van der Waals surface area (Å²) in [5, 5.41) is 4.09. The molecule has 0 saturated carbocycles. The summed E-state index contributed by atoms with van der Waals surface area (Å²) in [6.07, 6.45) is 0. The number of hydrogen-bond acceptors (Lipinski definition) is 2. The minimum Gasteiger partial charge on any atom is -0.282 e. The molecule has 14 heavy (non-hydrogen) atoms. The highest BCUT2D eigenvalue weighted by atomic mass is 32.2. The highest BCUT2D eigenvalue weighted by molar-refractivity contribution is 7.85. The van der Waals surface area contributed by atoms with Gasteiger partial charge in [-0.3, -0.25) is 4.55 Å². The fraction of sp³-hybridized carbons (Fsp3) is 0.333. The van der Waals surface area contributed by atoms with Crippen LogP contribution in [0.3, 0.4) is 0 Å². The molecule has 1 N–H and O–H groups in total. The molecule has 5 heteroatoms.